The summed E-state index contributed by atoms with van der Waals surface area (Å²) in [6.07, 6.45) is 0. The first-order chi connectivity index (χ1) is 5.77. The Hall–Kier alpha value is -1.51. The number of hydrogen-bond donors (Lipinski definition) is 2. The molecule has 12 heavy (non-hydrogen) atoms. The molecule has 0 aliphatic rings. The number of rotatable bonds is 2. The minimum absolute atomic E-state index is 0.618. The SMILES string of the molecule is CNc1cccc(C(C)=NO)c1. The highest BCUT2D eigenvalue weighted by molar-refractivity contribution is 5.98. The van der Waals surface area contributed by atoms with Crippen molar-refractivity contribution in [1.29, 1.82) is 0 Å². The Balaban J connectivity index is 3.02. The van der Waals surface area contributed by atoms with E-state index in [1.54, 1.807) is 6.92 Å². The lowest BCUT2D eigenvalue weighted by Crippen LogP contribution is -1.96. The van der Waals surface area contributed by atoms with E-state index in [9.17, 15) is 0 Å². The summed E-state index contributed by atoms with van der Waals surface area (Å²) in [4.78, 5) is 0. The van der Waals surface area contributed by atoms with Crippen LogP contribution in [0.1, 0.15) is 12.5 Å². The summed E-state index contributed by atoms with van der Waals surface area (Å²) in [6, 6.07) is 7.69. The molecule has 0 fully saturated rings. The van der Waals surface area contributed by atoms with Gasteiger partial charge in [-0.25, -0.2) is 0 Å². The Morgan fingerprint density at radius 3 is 2.83 bits per heavy atom. The van der Waals surface area contributed by atoms with Crippen LogP contribution in [0.15, 0.2) is 29.4 Å². The lowest BCUT2D eigenvalue weighted by Gasteiger charge is -2.02. The van der Waals surface area contributed by atoms with Gasteiger partial charge in [-0.1, -0.05) is 17.3 Å². The number of oxime groups is 1. The second-order valence-electron chi connectivity index (χ2n) is 2.52. The number of anilines is 1. The molecule has 0 amide bonds. The molecule has 0 aliphatic heterocycles. The molecule has 1 aromatic rings. The van der Waals surface area contributed by atoms with Gasteiger partial charge in [0.2, 0.25) is 0 Å². The maximum Gasteiger partial charge on any atom is 0.0837 e. The maximum absolute atomic E-state index is 8.52. The molecule has 0 atom stereocenters. The van der Waals surface area contributed by atoms with Crippen LogP contribution in [0, 0.1) is 0 Å². The highest BCUT2D eigenvalue weighted by atomic mass is 16.4. The lowest BCUT2D eigenvalue weighted by atomic mass is 10.1. The average Bonchev–Trinajstić information content (AvgIpc) is 2.17. The van der Waals surface area contributed by atoms with Crippen LogP contribution in [0.25, 0.3) is 0 Å². The van der Waals surface area contributed by atoms with E-state index < -0.39 is 0 Å². The van der Waals surface area contributed by atoms with E-state index in [1.807, 2.05) is 31.3 Å². The smallest absolute Gasteiger partial charge is 0.0837 e. The van der Waals surface area contributed by atoms with Crippen LogP contribution in [-0.4, -0.2) is 18.0 Å². The largest absolute Gasteiger partial charge is 0.411 e. The van der Waals surface area contributed by atoms with Gasteiger partial charge in [0.05, 0.1) is 5.71 Å². The second-order valence-corrected chi connectivity index (χ2v) is 2.52. The van der Waals surface area contributed by atoms with Gasteiger partial charge in [0.15, 0.2) is 0 Å². The van der Waals surface area contributed by atoms with E-state index >= 15 is 0 Å². The molecule has 0 radical (unpaired) electrons. The van der Waals surface area contributed by atoms with E-state index in [-0.39, 0.29) is 0 Å². The summed E-state index contributed by atoms with van der Waals surface area (Å²) < 4.78 is 0. The predicted octanol–water partition coefficient (Wildman–Crippen LogP) is 1.93. The van der Waals surface area contributed by atoms with Crippen LogP contribution in [0.5, 0.6) is 0 Å². The van der Waals surface area contributed by atoms with Crippen molar-refractivity contribution in [2.75, 3.05) is 12.4 Å². The van der Waals surface area contributed by atoms with Gasteiger partial charge < -0.3 is 10.5 Å². The van der Waals surface area contributed by atoms with Crippen molar-refractivity contribution in [1.82, 2.24) is 0 Å². The molecule has 0 heterocycles. The fourth-order valence-corrected chi connectivity index (χ4v) is 0.957. The number of nitrogens with one attached hydrogen (secondary N) is 1. The zero-order valence-electron chi connectivity index (χ0n) is 7.20. The number of benzene rings is 1. The van der Waals surface area contributed by atoms with E-state index in [1.165, 1.54) is 0 Å². The highest BCUT2D eigenvalue weighted by Gasteiger charge is 1.97. The standard InChI is InChI=1S/C9H12N2O/c1-7(11-12)8-4-3-5-9(6-8)10-2/h3-6,10,12H,1-2H3. The number of hydrogen-bond acceptors (Lipinski definition) is 3. The molecule has 0 aromatic heterocycles. The molecule has 3 nitrogen and oxygen atoms in total. The monoisotopic (exact) mass is 164 g/mol. The summed E-state index contributed by atoms with van der Waals surface area (Å²) in [5, 5.41) is 14.7. The minimum atomic E-state index is 0.618. The van der Waals surface area contributed by atoms with E-state index in [2.05, 4.69) is 10.5 Å². The molecule has 0 bridgehead atoms. The van der Waals surface area contributed by atoms with Gasteiger partial charge >= 0.3 is 0 Å². The zero-order valence-corrected chi connectivity index (χ0v) is 7.20. The van der Waals surface area contributed by atoms with Crippen molar-refractivity contribution in [2.24, 2.45) is 5.16 Å². The Morgan fingerprint density at radius 1 is 1.50 bits per heavy atom. The van der Waals surface area contributed by atoms with E-state index in [0.29, 0.717) is 5.71 Å². The van der Waals surface area contributed by atoms with Crippen LogP contribution >= 0.6 is 0 Å². The van der Waals surface area contributed by atoms with E-state index in [4.69, 9.17) is 5.21 Å². The van der Waals surface area contributed by atoms with Gasteiger partial charge in [-0.05, 0) is 19.1 Å². The second kappa shape index (κ2) is 3.76. The summed E-state index contributed by atoms with van der Waals surface area (Å²) in [6.45, 7) is 1.76. The lowest BCUT2D eigenvalue weighted by molar-refractivity contribution is 0.319. The Bertz CT molecular complexity index is 294. The fourth-order valence-electron chi connectivity index (χ4n) is 0.957. The van der Waals surface area contributed by atoms with Crippen molar-refractivity contribution < 1.29 is 5.21 Å². The van der Waals surface area contributed by atoms with Gasteiger partial charge in [0.1, 0.15) is 0 Å². The third-order valence-electron chi connectivity index (χ3n) is 1.72. The highest BCUT2D eigenvalue weighted by Crippen LogP contribution is 2.10. The van der Waals surface area contributed by atoms with Crippen LogP contribution < -0.4 is 5.32 Å². The molecular formula is C9H12N2O. The van der Waals surface area contributed by atoms with Crippen molar-refractivity contribution in [3.8, 4) is 0 Å². The molecule has 0 unspecified atom stereocenters. The summed E-state index contributed by atoms with van der Waals surface area (Å²) in [5.74, 6) is 0. The number of nitrogens with zero attached hydrogens (tertiary/aromatic N) is 1. The van der Waals surface area contributed by atoms with Crippen LogP contribution in [0.2, 0.25) is 0 Å². The van der Waals surface area contributed by atoms with Crippen LogP contribution in [0.4, 0.5) is 5.69 Å². The summed E-state index contributed by atoms with van der Waals surface area (Å²) >= 11 is 0. The first-order valence-corrected chi connectivity index (χ1v) is 3.74. The molecule has 1 aromatic carbocycles. The van der Waals surface area contributed by atoms with Crippen LogP contribution in [0.3, 0.4) is 0 Å². The molecular weight excluding hydrogens is 152 g/mol. The first-order valence-electron chi connectivity index (χ1n) is 3.74. The molecule has 3 heteroatoms. The fraction of sp³-hybridized carbons (Fsp3) is 0.222. The van der Waals surface area contributed by atoms with Crippen molar-refractivity contribution in [3.63, 3.8) is 0 Å². The third-order valence-corrected chi connectivity index (χ3v) is 1.72. The molecule has 0 saturated carbocycles. The van der Waals surface area contributed by atoms with E-state index in [0.717, 1.165) is 11.3 Å². The molecule has 64 valence electrons. The quantitative estimate of drug-likeness (QED) is 0.398. The Kier molecular flexibility index (Phi) is 2.69. The van der Waals surface area contributed by atoms with Gasteiger partial charge in [-0.15, -0.1) is 0 Å². The van der Waals surface area contributed by atoms with Crippen molar-refractivity contribution in [3.05, 3.63) is 29.8 Å². The molecule has 0 aliphatic carbocycles. The third kappa shape index (κ3) is 1.75. The summed E-state index contributed by atoms with van der Waals surface area (Å²) in [7, 11) is 1.85. The predicted molar refractivity (Wildman–Crippen MR) is 50.0 cm³/mol. The Labute approximate surface area is 71.7 Å². The van der Waals surface area contributed by atoms with Gasteiger partial charge in [-0.3, -0.25) is 0 Å². The van der Waals surface area contributed by atoms with Crippen molar-refractivity contribution >= 4 is 11.4 Å². The first kappa shape index (κ1) is 8.59. The molecule has 2 N–H and O–H groups in total. The van der Waals surface area contributed by atoms with Gasteiger partial charge in [0.25, 0.3) is 0 Å². The molecule has 0 saturated heterocycles. The Morgan fingerprint density at radius 2 is 2.25 bits per heavy atom. The minimum Gasteiger partial charge on any atom is -0.411 e. The zero-order chi connectivity index (χ0) is 8.97. The molecule has 1 rings (SSSR count). The molecule has 0 spiro atoms. The van der Waals surface area contributed by atoms with Gasteiger partial charge in [0, 0.05) is 18.3 Å². The average molecular weight is 164 g/mol. The normalized spacial score (nSPS) is 11.3. The summed E-state index contributed by atoms with van der Waals surface area (Å²) in [5.41, 5.74) is 2.55. The van der Waals surface area contributed by atoms with Crippen LogP contribution in [-0.2, 0) is 0 Å². The van der Waals surface area contributed by atoms with Crippen molar-refractivity contribution in [2.45, 2.75) is 6.92 Å². The van der Waals surface area contributed by atoms with Gasteiger partial charge in [-0.2, -0.15) is 0 Å². The topological polar surface area (TPSA) is 44.6 Å². The maximum atomic E-state index is 8.52.